The van der Waals surface area contributed by atoms with Gasteiger partial charge in [0.2, 0.25) is 0 Å². The van der Waals surface area contributed by atoms with Crippen LogP contribution in [0.2, 0.25) is 5.02 Å². The monoisotopic (exact) mass is 434 g/mol. The summed E-state index contributed by atoms with van der Waals surface area (Å²) >= 11 is 5.92. The van der Waals surface area contributed by atoms with E-state index in [1.807, 2.05) is 0 Å². The molecule has 0 bridgehead atoms. The Kier molecular flexibility index (Phi) is 5.92. The van der Waals surface area contributed by atoms with Crippen molar-refractivity contribution >= 4 is 27.3 Å². The van der Waals surface area contributed by atoms with Crippen molar-refractivity contribution in [2.45, 2.75) is 30.3 Å². The highest BCUT2D eigenvalue weighted by Crippen LogP contribution is 2.32. The van der Waals surface area contributed by atoms with E-state index in [1.54, 1.807) is 42.5 Å². The van der Waals surface area contributed by atoms with Gasteiger partial charge in [-0.1, -0.05) is 23.7 Å². The fourth-order valence-electron chi connectivity index (χ4n) is 3.68. The van der Waals surface area contributed by atoms with Crippen LogP contribution in [0.15, 0.2) is 51.8 Å². The standard InChI is InChI=1S/C21H23ClN2O4S/c22-16-5-3-15(4-6-16)21-19-8-7-18(13-20(19)29(26,27)23-21)28-12-2-1-10-24-11-9-17(25)14-24/h3-8,13,17,25H,1-2,9-12,14H2. The molecule has 0 radical (unpaired) electrons. The quantitative estimate of drug-likeness (QED) is 0.677. The number of nitrogens with zero attached hydrogens (tertiary/aromatic N) is 2. The Morgan fingerprint density at radius 1 is 1.17 bits per heavy atom. The van der Waals surface area contributed by atoms with Gasteiger partial charge in [-0.25, -0.2) is 0 Å². The Balaban J connectivity index is 1.38. The Labute approximate surface area is 175 Å². The number of rotatable bonds is 7. The molecule has 4 rings (SSSR count). The van der Waals surface area contributed by atoms with Gasteiger partial charge in [0.05, 0.1) is 18.4 Å². The molecule has 2 aromatic carbocycles. The van der Waals surface area contributed by atoms with Gasteiger partial charge in [-0.3, -0.25) is 0 Å². The van der Waals surface area contributed by atoms with Gasteiger partial charge in [0.1, 0.15) is 10.6 Å². The average Bonchev–Trinajstić information content (AvgIpc) is 3.23. The van der Waals surface area contributed by atoms with Crippen LogP contribution in [0.3, 0.4) is 0 Å². The van der Waals surface area contributed by atoms with Gasteiger partial charge >= 0.3 is 0 Å². The van der Waals surface area contributed by atoms with E-state index < -0.39 is 10.0 Å². The third-order valence-corrected chi connectivity index (χ3v) is 6.77. The van der Waals surface area contributed by atoms with Gasteiger partial charge in [-0.15, -0.1) is 0 Å². The smallest absolute Gasteiger partial charge is 0.283 e. The number of β-amino-alcohol motifs (C(OH)–C–C–N with tert-alkyl or cyclic N) is 1. The molecule has 2 aromatic rings. The van der Waals surface area contributed by atoms with E-state index in [2.05, 4.69) is 9.30 Å². The molecule has 8 heteroatoms. The van der Waals surface area contributed by atoms with Gasteiger partial charge in [-0.2, -0.15) is 12.8 Å². The van der Waals surface area contributed by atoms with Crippen molar-refractivity contribution in [1.29, 1.82) is 0 Å². The maximum absolute atomic E-state index is 12.5. The largest absolute Gasteiger partial charge is 0.494 e. The summed E-state index contributed by atoms with van der Waals surface area (Å²) in [6, 6.07) is 12.0. The van der Waals surface area contributed by atoms with E-state index in [1.165, 1.54) is 0 Å². The van der Waals surface area contributed by atoms with E-state index >= 15 is 0 Å². The fourth-order valence-corrected chi connectivity index (χ4v) is 5.05. The first kappa shape index (κ1) is 20.3. The first-order chi connectivity index (χ1) is 13.9. The molecule has 0 amide bonds. The van der Waals surface area contributed by atoms with Crippen LogP contribution < -0.4 is 4.74 Å². The molecular formula is C21H23ClN2O4S. The second-order valence-corrected chi connectivity index (χ2v) is 9.39. The minimum absolute atomic E-state index is 0.172. The Bertz CT molecular complexity index is 1020. The van der Waals surface area contributed by atoms with Crippen molar-refractivity contribution in [2.24, 2.45) is 4.40 Å². The summed E-state index contributed by atoms with van der Waals surface area (Å²) < 4.78 is 34.7. The fraction of sp³-hybridized carbons (Fsp3) is 0.381. The zero-order chi connectivity index (χ0) is 20.4. The molecule has 1 unspecified atom stereocenters. The van der Waals surface area contributed by atoms with Gasteiger partial charge in [0.15, 0.2) is 0 Å². The summed E-state index contributed by atoms with van der Waals surface area (Å²) in [4.78, 5) is 2.42. The lowest BCUT2D eigenvalue weighted by atomic mass is 10.0. The lowest BCUT2D eigenvalue weighted by molar-refractivity contribution is 0.175. The average molecular weight is 435 g/mol. The lowest BCUT2D eigenvalue weighted by Gasteiger charge is -2.14. The molecule has 0 saturated carbocycles. The SMILES string of the molecule is O=S1(=O)N=C(c2ccc(Cl)cc2)c2ccc(OCCCCN3CCC(O)C3)cc21. The highest BCUT2D eigenvalue weighted by atomic mass is 35.5. The van der Waals surface area contributed by atoms with E-state index in [-0.39, 0.29) is 11.0 Å². The number of likely N-dealkylation sites (tertiary alicyclic amines) is 1. The Hall–Kier alpha value is -1.93. The maximum atomic E-state index is 12.5. The molecule has 2 aliphatic heterocycles. The number of hydrogen-bond acceptors (Lipinski definition) is 5. The number of aliphatic hydroxyl groups is 1. The van der Waals surface area contributed by atoms with E-state index in [0.717, 1.165) is 38.9 Å². The molecule has 0 aliphatic carbocycles. The molecule has 0 aromatic heterocycles. The molecule has 2 aliphatic rings. The van der Waals surface area contributed by atoms with Crippen LogP contribution in [0.1, 0.15) is 30.4 Å². The van der Waals surface area contributed by atoms with Crippen LogP contribution in [0.4, 0.5) is 0 Å². The highest BCUT2D eigenvalue weighted by molar-refractivity contribution is 7.90. The van der Waals surface area contributed by atoms with Crippen molar-refractivity contribution < 1.29 is 18.3 Å². The van der Waals surface area contributed by atoms with Crippen molar-refractivity contribution in [3.63, 3.8) is 0 Å². The number of aliphatic hydroxyl groups excluding tert-OH is 1. The van der Waals surface area contributed by atoms with Crippen LogP contribution in [-0.2, 0) is 10.0 Å². The van der Waals surface area contributed by atoms with Gasteiger partial charge in [0.25, 0.3) is 10.0 Å². The number of sulfonamides is 1. The normalized spacial score (nSPS) is 20.5. The first-order valence-corrected chi connectivity index (χ1v) is 11.5. The molecule has 1 atom stereocenters. The molecule has 0 spiro atoms. The van der Waals surface area contributed by atoms with Crippen molar-refractivity contribution in [2.75, 3.05) is 26.2 Å². The number of fused-ring (bicyclic) bond motifs is 1. The zero-order valence-corrected chi connectivity index (χ0v) is 17.5. The highest BCUT2D eigenvalue weighted by Gasteiger charge is 2.30. The molecule has 1 N–H and O–H groups in total. The predicted octanol–water partition coefficient (Wildman–Crippen LogP) is 3.11. The minimum Gasteiger partial charge on any atom is -0.494 e. The predicted molar refractivity (Wildman–Crippen MR) is 113 cm³/mol. The maximum Gasteiger partial charge on any atom is 0.283 e. The van der Waals surface area contributed by atoms with Crippen LogP contribution >= 0.6 is 11.6 Å². The summed E-state index contributed by atoms with van der Waals surface area (Å²) in [6.07, 6.45) is 2.49. The van der Waals surface area contributed by atoms with E-state index in [4.69, 9.17) is 16.3 Å². The Morgan fingerprint density at radius 2 is 1.97 bits per heavy atom. The number of unbranched alkanes of at least 4 members (excludes halogenated alkanes) is 1. The summed E-state index contributed by atoms with van der Waals surface area (Å²) in [7, 11) is -3.74. The zero-order valence-electron chi connectivity index (χ0n) is 15.9. The number of hydrogen-bond donors (Lipinski definition) is 1. The molecule has 154 valence electrons. The summed E-state index contributed by atoms with van der Waals surface area (Å²) in [6.45, 7) is 3.15. The van der Waals surface area contributed by atoms with E-state index in [9.17, 15) is 13.5 Å². The number of halogens is 1. The first-order valence-electron chi connectivity index (χ1n) is 9.71. The molecular weight excluding hydrogens is 412 g/mol. The molecule has 1 fully saturated rings. The lowest BCUT2D eigenvalue weighted by Crippen LogP contribution is -2.23. The van der Waals surface area contributed by atoms with Gasteiger partial charge < -0.3 is 14.7 Å². The van der Waals surface area contributed by atoms with Gasteiger partial charge in [-0.05, 0) is 50.1 Å². The topological polar surface area (TPSA) is 79.2 Å². The third kappa shape index (κ3) is 4.64. The summed E-state index contributed by atoms with van der Waals surface area (Å²) in [5.41, 5.74) is 1.71. The van der Waals surface area contributed by atoms with Crippen LogP contribution in [0, 0.1) is 0 Å². The molecule has 2 heterocycles. The van der Waals surface area contributed by atoms with Gasteiger partial charge in [0, 0.05) is 35.3 Å². The minimum atomic E-state index is -3.74. The summed E-state index contributed by atoms with van der Waals surface area (Å²) in [5, 5.41) is 10.1. The van der Waals surface area contributed by atoms with Crippen LogP contribution in [0.5, 0.6) is 5.75 Å². The van der Waals surface area contributed by atoms with E-state index in [0.29, 0.717) is 34.2 Å². The second kappa shape index (κ2) is 8.44. The molecule has 1 saturated heterocycles. The molecule has 6 nitrogen and oxygen atoms in total. The van der Waals surface area contributed by atoms with Crippen molar-refractivity contribution in [1.82, 2.24) is 4.90 Å². The van der Waals surface area contributed by atoms with Crippen LogP contribution in [0.25, 0.3) is 0 Å². The number of ether oxygens (including phenoxy) is 1. The van der Waals surface area contributed by atoms with Crippen molar-refractivity contribution in [3.05, 3.63) is 58.6 Å². The Morgan fingerprint density at radius 3 is 2.69 bits per heavy atom. The second-order valence-electron chi connectivity index (χ2n) is 7.38. The molecule has 29 heavy (non-hydrogen) atoms. The third-order valence-electron chi connectivity index (χ3n) is 5.20. The summed E-state index contributed by atoms with van der Waals surface area (Å²) in [5.74, 6) is 0.525. The number of benzene rings is 2. The van der Waals surface area contributed by atoms with Crippen LogP contribution in [-0.4, -0.2) is 56.5 Å². The van der Waals surface area contributed by atoms with Crippen molar-refractivity contribution in [3.8, 4) is 5.75 Å².